The van der Waals surface area contributed by atoms with Crippen LogP contribution in [0.3, 0.4) is 0 Å². The van der Waals surface area contributed by atoms with E-state index in [-0.39, 0.29) is 5.75 Å². The zero-order chi connectivity index (χ0) is 12.1. The number of benzene rings is 2. The molecule has 1 atom stereocenters. The van der Waals surface area contributed by atoms with Gasteiger partial charge in [-0.2, -0.15) is 0 Å². The predicted molar refractivity (Wildman–Crippen MR) is 67.8 cm³/mol. The van der Waals surface area contributed by atoms with Gasteiger partial charge in [0.05, 0.1) is 6.10 Å². The van der Waals surface area contributed by atoms with Crippen molar-refractivity contribution in [2.24, 2.45) is 0 Å². The predicted octanol–water partition coefficient (Wildman–Crippen LogP) is 3.06. The van der Waals surface area contributed by atoms with Crippen molar-refractivity contribution in [2.75, 3.05) is 0 Å². The molecule has 0 bridgehead atoms. The van der Waals surface area contributed by atoms with Gasteiger partial charge in [-0.15, -0.1) is 0 Å². The maximum Gasteiger partial charge on any atom is 0.115 e. The second-order valence-electron chi connectivity index (χ2n) is 4.14. The van der Waals surface area contributed by atoms with Gasteiger partial charge in [-0.3, -0.25) is 0 Å². The fourth-order valence-corrected chi connectivity index (χ4v) is 1.85. The van der Waals surface area contributed by atoms with E-state index < -0.39 is 6.10 Å². The molecule has 1 unspecified atom stereocenters. The molecule has 0 saturated carbocycles. The molecule has 0 spiro atoms. The summed E-state index contributed by atoms with van der Waals surface area (Å²) in [4.78, 5) is 0. The van der Waals surface area contributed by atoms with E-state index >= 15 is 0 Å². The highest BCUT2D eigenvalue weighted by atomic mass is 16.3. The van der Waals surface area contributed by atoms with Crippen LogP contribution in [0, 0.1) is 0 Å². The molecule has 0 heterocycles. The van der Waals surface area contributed by atoms with E-state index in [0.29, 0.717) is 6.42 Å². The van der Waals surface area contributed by atoms with E-state index in [1.54, 1.807) is 18.2 Å². The molecule has 0 aromatic heterocycles. The second kappa shape index (κ2) is 5.51. The van der Waals surface area contributed by atoms with Crippen molar-refractivity contribution in [2.45, 2.75) is 18.9 Å². The Morgan fingerprint density at radius 1 is 0.941 bits per heavy atom. The van der Waals surface area contributed by atoms with Gasteiger partial charge in [-0.25, -0.2) is 0 Å². The Labute approximate surface area is 101 Å². The number of aliphatic hydroxyl groups is 1. The molecule has 2 rings (SSSR count). The number of hydrogen-bond donors (Lipinski definition) is 2. The first-order valence-electron chi connectivity index (χ1n) is 5.76. The van der Waals surface area contributed by atoms with Crippen LogP contribution in [0.15, 0.2) is 54.6 Å². The Morgan fingerprint density at radius 2 is 1.71 bits per heavy atom. The summed E-state index contributed by atoms with van der Waals surface area (Å²) in [6.45, 7) is 0. The topological polar surface area (TPSA) is 40.5 Å². The van der Waals surface area contributed by atoms with Crippen LogP contribution >= 0.6 is 0 Å². The highest BCUT2D eigenvalue weighted by Crippen LogP contribution is 2.22. The van der Waals surface area contributed by atoms with E-state index in [1.807, 2.05) is 24.3 Å². The molecule has 2 aromatic carbocycles. The van der Waals surface area contributed by atoms with Gasteiger partial charge in [0.2, 0.25) is 0 Å². The SMILES string of the molecule is Oc1cccc(C(O)CCc2ccccc2)c1. The summed E-state index contributed by atoms with van der Waals surface area (Å²) >= 11 is 0. The fourth-order valence-electron chi connectivity index (χ4n) is 1.85. The van der Waals surface area contributed by atoms with E-state index in [4.69, 9.17) is 0 Å². The molecule has 0 saturated heterocycles. The molecule has 2 N–H and O–H groups in total. The van der Waals surface area contributed by atoms with Crippen molar-refractivity contribution in [3.8, 4) is 5.75 Å². The van der Waals surface area contributed by atoms with Gasteiger partial charge < -0.3 is 10.2 Å². The third-order valence-corrected chi connectivity index (χ3v) is 2.80. The lowest BCUT2D eigenvalue weighted by Gasteiger charge is -2.11. The summed E-state index contributed by atoms with van der Waals surface area (Å²) in [6, 6.07) is 16.9. The smallest absolute Gasteiger partial charge is 0.115 e. The number of aryl methyl sites for hydroxylation is 1. The summed E-state index contributed by atoms with van der Waals surface area (Å²) in [5.74, 6) is 0.196. The summed E-state index contributed by atoms with van der Waals surface area (Å²) in [5, 5.41) is 19.3. The van der Waals surface area contributed by atoms with Crippen LogP contribution in [-0.2, 0) is 6.42 Å². The summed E-state index contributed by atoms with van der Waals surface area (Å²) < 4.78 is 0. The van der Waals surface area contributed by atoms with Crippen LogP contribution in [0.5, 0.6) is 5.75 Å². The third-order valence-electron chi connectivity index (χ3n) is 2.80. The zero-order valence-corrected chi connectivity index (χ0v) is 9.58. The van der Waals surface area contributed by atoms with E-state index in [0.717, 1.165) is 12.0 Å². The number of hydrogen-bond acceptors (Lipinski definition) is 2. The van der Waals surface area contributed by atoms with Crippen LogP contribution in [0.4, 0.5) is 0 Å². The lowest BCUT2D eigenvalue weighted by Crippen LogP contribution is -1.99. The molecule has 17 heavy (non-hydrogen) atoms. The first-order valence-corrected chi connectivity index (χ1v) is 5.76. The molecule has 0 fully saturated rings. The minimum atomic E-state index is -0.526. The monoisotopic (exact) mass is 228 g/mol. The first-order chi connectivity index (χ1) is 8.25. The van der Waals surface area contributed by atoms with Crippen molar-refractivity contribution in [3.63, 3.8) is 0 Å². The maximum atomic E-state index is 10.00. The van der Waals surface area contributed by atoms with Gasteiger partial charge in [0.25, 0.3) is 0 Å². The van der Waals surface area contributed by atoms with Crippen molar-refractivity contribution in [1.29, 1.82) is 0 Å². The largest absolute Gasteiger partial charge is 0.508 e. The lowest BCUT2D eigenvalue weighted by molar-refractivity contribution is 0.167. The normalized spacial score (nSPS) is 12.3. The third kappa shape index (κ3) is 3.33. The number of rotatable bonds is 4. The molecular weight excluding hydrogens is 212 g/mol. The number of aromatic hydroxyl groups is 1. The maximum absolute atomic E-state index is 10.00. The van der Waals surface area contributed by atoms with Gasteiger partial charge in [0.15, 0.2) is 0 Å². The lowest BCUT2D eigenvalue weighted by atomic mass is 10.0. The van der Waals surface area contributed by atoms with Crippen LogP contribution < -0.4 is 0 Å². The summed E-state index contributed by atoms with van der Waals surface area (Å²) in [6.07, 6.45) is 0.966. The first kappa shape index (κ1) is 11.7. The Morgan fingerprint density at radius 3 is 2.41 bits per heavy atom. The van der Waals surface area contributed by atoms with Crippen molar-refractivity contribution < 1.29 is 10.2 Å². The highest BCUT2D eigenvalue weighted by Gasteiger charge is 2.07. The number of aliphatic hydroxyl groups excluding tert-OH is 1. The number of phenols is 1. The van der Waals surface area contributed by atoms with Gasteiger partial charge in [0, 0.05) is 0 Å². The molecule has 2 nitrogen and oxygen atoms in total. The molecule has 0 amide bonds. The average molecular weight is 228 g/mol. The fraction of sp³-hybridized carbons (Fsp3) is 0.200. The molecule has 0 radical (unpaired) electrons. The quantitative estimate of drug-likeness (QED) is 0.844. The minimum absolute atomic E-state index is 0.196. The van der Waals surface area contributed by atoms with Crippen LogP contribution in [0.2, 0.25) is 0 Å². The standard InChI is InChI=1S/C15H16O2/c16-14-8-4-7-13(11-14)15(17)10-9-12-5-2-1-3-6-12/h1-8,11,15-17H,9-10H2. The summed E-state index contributed by atoms with van der Waals surface area (Å²) in [5.41, 5.74) is 1.98. The molecule has 88 valence electrons. The molecule has 0 aliphatic carbocycles. The van der Waals surface area contributed by atoms with Crippen molar-refractivity contribution in [3.05, 3.63) is 65.7 Å². The minimum Gasteiger partial charge on any atom is -0.508 e. The van der Waals surface area contributed by atoms with Gasteiger partial charge in [-0.05, 0) is 36.1 Å². The van der Waals surface area contributed by atoms with Gasteiger partial charge >= 0.3 is 0 Å². The van der Waals surface area contributed by atoms with Crippen LogP contribution in [-0.4, -0.2) is 10.2 Å². The molecule has 2 heteroatoms. The van der Waals surface area contributed by atoms with E-state index in [1.165, 1.54) is 5.56 Å². The zero-order valence-electron chi connectivity index (χ0n) is 9.58. The van der Waals surface area contributed by atoms with E-state index in [9.17, 15) is 10.2 Å². The average Bonchev–Trinajstić information content (AvgIpc) is 2.37. The highest BCUT2D eigenvalue weighted by molar-refractivity contribution is 5.28. The molecule has 2 aromatic rings. The Kier molecular flexibility index (Phi) is 3.78. The van der Waals surface area contributed by atoms with Gasteiger partial charge in [0.1, 0.15) is 5.75 Å². The van der Waals surface area contributed by atoms with Gasteiger partial charge in [-0.1, -0.05) is 42.5 Å². The van der Waals surface area contributed by atoms with Crippen molar-refractivity contribution in [1.82, 2.24) is 0 Å². The Bertz CT molecular complexity index is 465. The summed E-state index contributed by atoms with van der Waals surface area (Å²) in [7, 11) is 0. The Balaban J connectivity index is 1.96. The van der Waals surface area contributed by atoms with Crippen molar-refractivity contribution >= 4 is 0 Å². The van der Waals surface area contributed by atoms with E-state index in [2.05, 4.69) is 12.1 Å². The molecule has 0 aliphatic rings. The van der Waals surface area contributed by atoms with Crippen LogP contribution in [0.25, 0.3) is 0 Å². The van der Waals surface area contributed by atoms with Crippen LogP contribution in [0.1, 0.15) is 23.7 Å². The second-order valence-corrected chi connectivity index (χ2v) is 4.14. The molecular formula is C15H16O2. The molecule has 0 aliphatic heterocycles. The Hall–Kier alpha value is -1.80. The number of phenolic OH excluding ortho intramolecular Hbond substituents is 1.